The lowest BCUT2D eigenvalue weighted by Crippen LogP contribution is -2.31. The van der Waals surface area contributed by atoms with Gasteiger partial charge in [0.1, 0.15) is 24.0 Å². The number of carbonyl (C=O) groups excluding carboxylic acids is 3. The molecule has 0 atom stereocenters. The molecule has 0 bridgehead atoms. The molecule has 0 radical (unpaired) electrons. The van der Waals surface area contributed by atoms with Gasteiger partial charge in [-0.2, -0.15) is 0 Å². The van der Waals surface area contributed by atoms with E-state index in [-0.39, 0.29) is 37.5 Å². The van der Waals surface area contributed by atoms with E-state index < -0.39 is 17.5 Å². The number of amides is 1. The van der Waals surface area contributed by atoms with Crippen LogP contribution < -0.4 is 15.8 Å². The monoisotopic (exact) mass is 532 g/mol. The highest BCUT2D eigenvalue weighted by Gasteiger charge is 2.14. The van der Waals surface area contributed by atoms with Crippen LogP contribution in [-0.4, -0.2) is 57.6 Å². The molecule has 0 unspecified atom stereocenters. The molecule has 0 saturated carbocycles. The third-order valence-electron chi connectivity index (χ3n) is 5.82. The lowest BCUT2D eigenvalue weighted by atomic mass is 10.1. The minimum absolute atomic E-state index is 0.0358. The lowest BCUT2D eigenvalue weighted by molar-refractivity contribution is -0.140. The third-order valence-corrected chi connectivity index (χ3v) is 5.82. The molecule has 0 fully saturated rings. The zero-order valence-corrected chi connectivity index (χ0v) is 22.1. The Morgan fingerprint density at radius 2 is 1.77 bits per heavy atom. The molecular weight excluding hydrogens is 500 g/mol. The van der Waals surface area contributed by atoms with Crippen LogP contribution in [0.5, 0.6) is 0 Å². The number of aldehydes is 1. The van der Waals surface area contributed by atoms with Crippen molar-refractivity contribution in [3.05, 3.63) is 93.9 Å². The number of esters is 1. The van der Waals surface area contributed by atoms with Gasteiger partial charge in [-0.3, -0.25) is 9.59 Å². The summed E-state index contributed by atoms with van der Waals surface area (Å²) in [5.41, 5.74) is 1.53. The summed E-state index contributed by atoms with van der Waals surface area (Å²) >= 11 is 0. The van der Waals surface area contributed by atoms with Crippen molar-refractivity contribution in [2.24, 2.45) is 0 Å². The lowest BCUT2D eigenvalue weighted by Gasteiger charge is -2.21. The van der Waals surface area contributed by atoms with Crippen LogP contribution in [-0.2, 0) is 19.1 Å². The molecule has 0 spiro atoms. The van der Waals surface area contributed by atoms with Crippen LogP contribution in [0.1, 0.15) is 29.8 Å². The summed E-state index contributed by atoms with van der Waals surface area (Å²) in [4.78, 5) is 50.2. The second-order valence-electron chi connectivity index (χ2n) is 8.35. The van der Waals surface area contributed by atoms with Gasteiger partial charge >= 0.3 is 11.6 Å². The molecule has 0 saturated heterocycles. The van der Waals surface area contributed by atoms with Crippen LogP contribution in [0.4, 0.5) is 5.69 Å². The van der Waals surface area contributed by atoms with Gasteiger partial charge in [0.2, 0.25) is 0 Å². The SMILES string of the molecule is CCN(CC)c1ccc2cc(C(=O)NCCOCCOC(=O)C(C=Cc3ccccc3)=CC=O)c(=O)oc2c1. The fourth-order valence-corrected chi connectivity index (χ4v) is 3.77. The molecule has 39 heavy (non-hydrogen) atoms. The Bertz CT molecular complexity index is 1390. The molecule has 1 aromatic heterocycles. The molecule has 0 aliphatic rings. The molecule has 2 aromatic carbocycles. The van der Waals surface area contributed by atoms with Gasteiger partial charge in [-0.05, 0) is 49.8 Å². The van der Waals surface area contributed by atoms with Crippen molar-refractivity contribution in [2.45, 2.75) is 13.8 Å². The van der Waals surface area contributed by atoms with Crippen molar-refractivity contribution < 1.29 is 28.3 Å². The van der Waals surface area contributed by atoms with E-state index in [0.29, 0.717) is 17.3 Å². The highest BCUT2D eigenvalue weighted by Crippen LogP contribution is 2.22. The number of hydrogen-bond acceptors (Lipinski definition) is 8. The van der Waals surface area contributed by atoms with Crippen LogP contribution >= 0.6 is 0 Å². The first-order chi connectivity index (χ1) is 19.0. The molecule has 1 amide bonds. The van der Waals surface area contributed by atoms with Gasteiger partial charge in [0.05, 0.1) is 18.8 Å². The van der Waals surface area contributed by atoms with E-state index >= 15 is 0 Å². The van der Waals surface area contributed by atoms with Gasteiger partial charge in [-0.25, -0.2) is 9.59 Å². The van der Waals surface area contributed by atoms with Crippen LogP contribution in [0.3, 0.4) is 0 Å². The van der Waals surface area contributed by atoms with Crippen LogP contribution in [0, 0.1) is 0 Å². The van der Waals surface area contributed by atoms with E-state index in [1.54, 1.807) is 12.1 Å². The smallest absolute Gasteiger partial charge is 0.349 e. The average Bonchev–Trinajstić information content (AvgIpc) is 2.95. The maximum absolute atomic E-state index is 12.5. The molecule has 9 nitrogen and oxygen atoms in total. The highest BCUT2D eigenvalue weighted by molar-refractivity contribution is 5.97. The second kappa shape index (κ2) is 15.0. The fraction of sp³-hybridized carbons (Fsp3) is 0.267. The maximum Gasteiger partial charge on any atom is 0.349 e. The Labute approximate surface area is 226 Å². The van der Waals surface area contributed by atoms with Gasteiger partial charge < -0.3 is 24.1 Å². The van der Waals surface area contributed by atoms with Gasteiger partial charge in [0.15, 0.2) is 0 Å². The largest absolute Gasteiger partial charge is 0.460 e. The number of hydrogen-bond donors (Lipinski definition) is 1. The van der Waals surface area contributed by atoms with Crippen molar-refractivity contribution in [2.75, 3.05) is 44.4 Å². The van der Waals surface area contributed by atoms with Gasteiger partial charge in [-0.1, -0.05) is 36.4 Å². The zero-order chi connectivity index (χ0) is 28.0. The first-order valence-electron chi connectivity index (χ1n) is 12.7. The summed E-state index contributed by atoms with van der Waals surface area (Å²) < 4.78 is 15.9. The van der Waals surface area contributed by atoms with Gasteiger partial charge in [0.25, 0.3) is 5.91 Å². The van der Waals surface area contributed by atoms with Crippen LogP contribution in [0.25, 0.3) is 17.0 Å². The summed E-state index contributed by atoms with van der Waals surface area (Å²) in [6, 6.07) is 16.4. The van der Waals surface area contributed by atoms with Gasteiger partial charge in [0, 0.05) is 36.8 Å². The predicted molar refractivity (Wildman–Crippen MR) is 150 cm³/mol. The maximum atomic E-state index is 12.5. The minimum atomic E-state index is -0.718. The van der Waals surface area contributed by atoms with Crippen molar-refractivity contribution in [1.82, 2.24) is 5.32 Å². The molecule has 1 N–H and O–H groups in total. The number of carbonyl (C=O) groups is 3. The molecule has 3 rings (SSSR count). The van der Waals surface area contributed by atoms with E-state index in [2.05, 4.69) is 10.2 Å². The van der Waals surface area contributed by atoms with E-state index in [9.17, 15) is 19.2 Å². The zero-order valence-electron chi connectivity index (χ0n) is 22.1. The van der Waals surface area contributed by atoms with Crippen molar-refractivity contribution >= 4 is 40.9 Å². The average molecular weight is 533 g/mol. The quantitative estimate of drug-likeness (QED) is 0.0833. The Balaban J connectivity index is 1.43. The summed E-state index contributed by atoms with van der Waals surface area (Å²) in [5, 5.41) is 3.27. The first kappa shape index (κ1) is 29.1. The molecule has 9 heteroatoms. The van der Waals surface area contributed by atoms with Crippen LogP contribution in [0.15, 0.2) is 81.5 Å². The Morgan fingerprint density at radius 3 is 2.49 bits per heavy atom. The number of nitrogens with one attached hydrogen (secondary N) is 1. The Kier molecular flexibility index (Phi) is 11.2. The number of fused-ring (bicyclic) bond motifs is 1. The number of nitrogens with zero attached hydrogens (tertiary/aromatic N) is 1. The summed E-state index contributed by atoms with van der Waals surface area (Å²) in [7, 11) is 0. The molecule has 0 aliphatic heterocycles. The van der Waals surface area contributed by atoms with E-state index in [1.165, 1.54) is 12.1 Å². The van der Waals surface area contributed by atoms with Crippen LogP contribution in [0.2, 0.25) is 0 Å². The number of anilines is 1. The number of rotatable bonds is 14. The third kappa shape index (κ3) is 8.51. The topological polar surface area (TPSA) is 115 Å². The normalized spacial score (nSPS) is 11.5. The van der Waals surface area contributed by atoms with E-state index in [4.69, 9.17) is 13.9 Å². The Morgan fingerprint density at radius 1 is 1.00 bits per heavy atom. The molecule has 3 aromatic rings. The second-order valence-corrected chi connectivity index (χ2v) is 8.35. The van der Waals surface area contributed by atoms with Gasteiger partial charge in [-0.15, -0.1) is 0 Å². The molecule has 204 valence electrons. The number of ether oxygens (including phenoxy) is 2. The first-order valence-corrected chi connectivity index (χ1v) is 12.7. The minimum Gasteiger partial charge on any atom is -0.460 e. The fourth-order valence-electron chi connectivity index (χ4n) is 3.77. The predicted octanol–water partition coefficient (Wildman–Crippen LogP) is 3.77. The molecule has 0 aliphatic carbocycles. The van der Waals surface area contributed by atoms with Crippen molar-refractivity contribution in [1.29, 1.82) is 0 Å². The Hall–Kier alpha value is -4.50. The van der Waals surface area contributed by atoms with E-state index in [0.717, 1.165) is 30.4 Å². The standard InChI is InChI=1S/C30H32N2O7/c1-3-32(4-2)25-13-12-24-20-26(30(36)39-27(24)21-25)28(34)31-15-17-37-18-19-38-29(35)23(14-16-33)11-10-22-8-6-5-7-9-22/h5-14,16,20-21H,3-4,15,17-19H2,1-2H3,(H,31,34). The summed E-state index contributed by atoms with van der Waals surface area (Å²) in [5.74, 6) is -1.22. The molecule has 1 heterocycles. The van der Waals surface area contributed by atoms with Crippen molar-refractivity contribution in [3.63, 3.8) is 0 Å². The number of allylic oxidation sites excluding steroid dienone is 1. The van der Waals surface area contributed by atoms with Crippen molar-refractivity contribution in [3.8, 4) is 0 Å². The molecular formula is C30H32N2O7. The summed E-state index contributed by atoms with van der Waals surface area (Å²) in [6.07, 6.45) is 4.86. The highest BCUT2D eigenvalue weighted by atomic mass is 16.6. The number of benzene rings is 2. The summed E-state index contributed by atoms with van der Waals surface area (Å²) in [6.45, 7) is 6.06. The van der Waals surface area contributed by atoms with E-state index in [1.807, 2.05) is 56.3 Å².